The molecule has 0 amide bonds. The molecule has 2 N–H and O–H groups in total. The highest BCUT2D eigenvalue weighted by molar-refractivity contribution is 5.25. The van der Waals surface area contributed by atoms with Crippen LogP contribution in [0.5, 0.6) is 0 Å². The summed E-state index contributed by atoms with van der Waals surface area (Å²) in [5.41, 5.74) is 2.06. The molecule has 21 heavy (non-hydrogen) atoms. The number of aliphatic hydroxyl groups excluding tert-OH is 2. The van der Waals surface area contributed by atoms with Crippen molar-refractivity contribution in [1.82, 2.24) is 0 Å². The zero-order chi connectivity index (χ0) is 14.8. The molecule has 2 heteroatoms. The molecule has 3 saturated carbocycles. The third kappa shape index (κ3) is 1.84. The van der Waals surface area contributed by atoms with Crippen molar-refractivity contribution in [2.45, 2.75) is 77.4 Å². The van der Waals surface area contributed by atoms with Gasteiger partial charge in [-0.2, -0.15) is 0 Å². The van der Waals surface area contributed by atoms with E-state index in [-0.39, 0.29) is 17.6 Å². The summed E-state index contributed by atoms with van der Waals surface area (Å²) in [7, 11) is 0. The molecule has 0 aromatic heterocycles. The van der Waals surface area contributed by atoms with E-state index in [1.165, 1.54) is 32.1 Å². The smallest absolute Gasteiger partial charge is 0.0724 e. The summed E-state index contributed by atoms with van der Waals surface area (Å²) in [4.78, 5) is 0. The number of fused-ring (bicyclic) bond motifs is 5. The van der Waals surface area contributed by atoms with Crippen LogP contribution in [0.2, 0.25) is 0 Å². The number of aliphatic hydroxyl groups is 2. The van der Waals surface area contributed by atoms with Gasteiger partial charge in [0.05, 0.1) is 12.2 Å². The first-order valence-electron chi connectivity index (χ1n) is 9.02. The van der Waals surface area contributed by atoms with E-state index in [1.807, 2.05) is 0 Å². The van der Waals surface area contributed by atoms with Gasteiger partial charge in [0.1, 0.15) is 0 Å². The minimum atomic E-state index is -0.202. The van der Waals surface area contributed by atoms with Crippen molar-refractivity contribution in [3.05, 3.63) is 11.6 Å². The Hall–Kier alpha value is -0.340. The van der Waals surface area contributed by atoms with Gasteiger partial charge in [-0.1, -0.05) is 25.5 Å². The SMILES string of the molecule is CC12CC[C@@H](O)C=C1CCC1C2CCC2(C)C(O)CCC12. The van der Waals surface area contributed by atoms with Crippen LogP contribution in [-0.4, -0.2) is 22.4 Å². The Balaban J connectivity index is 1.67. The monoisotopic (exact) mass is 290 g/mol. The van der Waals surface area contributed by atoms with E-state index < -0.39 is 0 Å². The normalized spacial score (nSPS) is 56.2. The molecule has 7 atom stereocenters. The molecule has 0 saturated heterocycles. The van der Waals surface area contributed by atoms with Gasteiger partial charge in [0.15, 0.2) is 0 Å². The van der Waals surface area contributed by atoms with Crippen molar-refractivity contribution in [2.24, 2.45) is 28.6 Å². The number of hydrogen-bond donors (Lipinski definition) is 2. The Labute approximate surface area is 128 Å². The van der Waals surface area contributed by atoms with Gasteiger partial charge in [-0.15, -0.1) is 0 Å². The zero-order valence-electron chi connectivity index (χ0n) is 13.5. The molecule has 4 aliphatic rings. The van der Waals surface area contributed by atoms with Gasteiger partial charge in [0.25, 0.3) is 0 Å². The van der Waals surface area contributed by atoms with Crippen LogP contribution >= 0.6 is 0 Å². The fourth-order valence-electron chi connectivity index (χ4n) is 6.68. The van der Waals surface area contributed by atoms with Gasteiger partial charge in [-0.3, -0.25) is 0 Å². The van der Waals surface area contributed by atoms with Gasteiger partial charge in [0, 0.05) is 0 Å². The lowest BCUT2D eigenvalue weighted by molar-refractivity contribution is -0.0761. The number of allylic oxidation sites excluding steroid dienone is 1. The zero-order valence-corrected chi connectivity index (χ0v) is 13.5. The molecule has 0 radical (unpaired) electrons. The Morgan fingerprint density at radius 2 is 1.76 bits per heavy atom. The second-order valence-corrected chi connectivity index (χ2v) is 8.77. The van der Waals surface area contributed by atoms with Gasteiger partial charge in [-0.05, 0) is 80.0 Å². The maximum atomic E-state index is 10.5. The van der Waals surface area contributed by atoms with Crippen LogP contribution in [0.15, 0.2) is 11.6 Å². The fourth-order valence-corrected chi connectivity index (χ4v) is 6.68. The topological polar surface area (TPSA) is 40.5 Å². The van der Waals surface area contributed by atoms with E-state index >= 15 is 0 Å². The molecule has 0 bridgehead atoms. The first-order valence-corrected chi connectivity index (χ1v) is 9.02. The Morgan fingerprint density at radius 3 is 2.57 bits per heavy atom. The minimum absolute atomic E-state index is 0.0682. The molecular weight excluding hydrogens is 260 g/mol. The Bertz CT molecular complexity index is 470. The van der Waals surface area contributed by atoms with Crippen molar-refractivity contribution < 1.29 is 10.2 Å². The lowest BCUT2D eigenvalue weighted by atomic mass is 9.47. The van der Waals surface area contributed by atoms with Gasteiger partial charge < -0.3 is 10.2 Å². The fraction of sp³-hybridized carbons (Fsp3) is 0.895. The van der Waals surface area contributed by atoms with Gasteiger partial charge >= 0.3 is 0 Å². The average molecular weight is 290 g/mol. The molecular formula is C19H30O2. The minimum Gasteiger partial charge on any atom is -0.393 e. The van der Waals surface area contributed by atoms with E-state index in [0.29, 0.717) is 5.41 Å². The Kier molecular flexibility index (Phi) is 3.11. The standard InChI is InChI=1S/C19H30O2/c1-18-9-7-13(20)11-12(18)3-4-14-15-5-6-17(21)19(15,2)10-8-16(14)18/h11,13-17,20-21H,3-10H2,1-2H3/t13-,14?,15?,16?,17?,18?,19?/m1/s1. The largest absolute Gasteiger partial charge is 0.393 e. The predicted molar refractivity (Wildman–Crippen MR) is 83.7 cm³/mol. The molecule has 0 aromatic rings. The first kappa shape index (κ1) is 14.3. The maximum Gasteiger partial charge on any atom is 0.0724 e. The highest BCUT2D eigenvalue weighted by Gasteiger charge is 2.58. The third-order valence-electron chi connectivity index (χ3n) is 8.04. The molecule has 2 nitrogen and oxygen atoms in total. The van der Waals surface area contributed by atoms with Crippen molar-refractivity contribution in [3.8, 4) is 0 Å². The average Bonchev–Trinajstić information content (AvgIpc) is 2.76. The van der Waals surface area contributed by atoms with Crippen molar-refractivity contribution in [1.29, 1.82) is 0 Å². The van der Waals surface area contributed by atoms with E-state index in [0.717, 1.165) is 37.0 Å². The maximum absolute atomic E-state index is 10.5. The van der Waals surface area contributed by atoms with E-state index in [4.69, 9.17) is 0 Å². The highest BCUT2D eigenvalue weighted by atomic mass is 16.3. The van der Waals surface area contributed by atoms with Crippen LogP contribution in [0.4, 0.5) is 0 Å². The second kappa shape index (κ2) is 4.58. The van der Waals surface area contributed by atoms with Crippen molar-refractivity contribution in [3.63, 3.8) is 0 Å². The van der Waals surface area contributed by atoms with E-state index in [2.05, 4.69) is 19.9 Å². The summed E-state index contributed by atoms with van der Waals surface area (Å²) in [6.45, 7) is 4.82. The molecule has 3 fully saturated rings. The molecule has 0 aromatic carbocycles. The lowest BCUT2D eigenvalue weighted by Gasteiger charge is -2.58. The van der Waals surface area contributed by atoms with Crippen LogP contribution < -0.4 is 0 Å². The van der Waals surface area contributed by atoms with E-state index in [9.17, 15) is 10.2 Å². The molecule has 118 valence electrons. The van der Waals surface area contributed by atoms with Crippen molar-refractivity contribution in [2.75, 3.05) is 0 Å². The summed E-state index contributed by atoms with van der Waals surface area (Å²) in [6, 6.07) is 0. The van der Waals surface area contributed by atoms with Crippen LogP contribution in [0.1, 0.15) is 65.2 Å². The summed E-state index contributed by atoms with van der Waals surface area (Å²) in [5.74, 6) is 2.32. The first-order chi connectivity index (χ1) is 9.95. The van der Waals surface area contributed by atoms with Crippen LogP contribution in [0.25, 0.3) is 0 Å². The summed E-state index contributed by atoms with van der Waals surface area (Å²) in [5, 5.41) is 20.4. The quantitative estimate of drug-likeness (QED) is 0.668. The van der Waals surface area contributed by atoms with Crippen LogP contribution in [0, 0.1) is 28.6 Å². The van der Waals surface area contributed by atoms with Gasteiger partial charge in [0.2, 0.25) is 0 Å². The number of rotatable bonds is 0. The molecule has 0 heterocycles. The van der Waals surface area contributed by atoms with Crippen molar-refractivity contribution >= 4 is 0 Å². The van der Waals surface area contributed by atoms with Crippen LogP contribution in [0.3, 0.4) is 0 Å². The van der Waals surface area contributed by atoms with Gasteiger partial charge in [-0.25, -0.2) is 0 Å². The molecule has 6 unspecified atom stereocenters. The summed E-state index contributed by atoms with van der Waals surface area (Å²) >= 11 is 0. The third-order valence-corrected chi connectivity index (χ3v) is 8.04. The molecule has 0 aliphatic heterocycles. The van der Waals surface area contributed by atoms with Crippen LogP contribution in [-0.2, 0) is 0 Å². The molecule has 4 aliphatic carbocycles. The predicted octanol–water partition coefficient (Wildman–Crippen LogP) is 3.67. The van der Waals surface area contributed by atoms with E-state index in [1.54, 1.807) is 5.57 Å². The second-order valence-electron chi connectivity index (χ2n) is 8.77. The lowest BCUT2D eigenvalue weighted by Crippen LogP contribution is -2.51. The molecule has 4 rings (SSSR count). The number of hydrogen-bond acceptors (Lipinski definition) is 2. The highest BCUT2D eigenvalue weighted by Crippen LogP contribution is 2.65. The summed E-state index contributed by atoms with van der Waals surface area (Å²) in [6.07, 6.45) is 11.2. The Morgan fingerprint density at radius 1 is 0.952 bits per heavy atom. The molecule has 0 spiro atoms. The summed E-state index contributed by atoms with van der Waals surface area (Å²) < 4.78 is 0.